The SMILES string of the molecule is COc1ccc(CN(C)c2cc(NC3=CC(F)=CN(c4ccccn4)C3=C=O)nn3c(C(=O)N[C@@H]4CCCN(C)C4=C=O)cnc23)cc1. The molecule has 1 aromatic carbocycles. The number of likely N-dealkylation sites (N-methyl/N-ethyl adjacent to an activating group) is 1. The fourth-order valence-electron chi connectivity index (χ4n) is 5.69. The third-order valence-corrected chi connectivity index (χ3v) is 8.09. The fraction of sp³-hybridized carbons (Fsp3) is 0.235. The molecule has 0 saturated carbocycles. The van der Waals surface area contributed by atoms with Gasteiger partial charge in [-0.05, 0) is 42.7 Å². The van der Waals surface area contributed by atoms with Gasteiger partial charge in [-0.3, -0.25) is 9.69 Å². The Bertz CT molecular complexity index is 2010. The number of hydrogen-bond donors (Lipinski definition) is 2. The lowest BCUT2D eigenvalue weighted by Crippen LogP contribution is -2.45. The van der Waals surface area contributed by atoms with E-state index in [-0.39, 0.29) is 22.9 Å². The molecule has 3 aromatic heterocycles. The number of benzene rings is 1. The number of ether oxygens (including phenoxy) is 1. The first kappa shape index (κ1) is 31.7. The number of fused-ring (bicyclic) bond motifs is 1. The van der Waals surface area contributed by atoms with E-state index in [4.69, 9.17) is 4.74 Å². The van der Waals surface area contributed by atoms with Crippen molar-refractivity contribution in [3.05, 3.63) is 107 Å². The highest BCUT2D eigenvalue weighted by molar-refractivity contribution is 5.94. The highest BCUT2D eigenvalue weighted by Crippen LogP contribution is 2.31. The van der Waals surface area contributed by atoms with Crippen molar-refractivity contribution in [2.24, 2.45) is 0 Å². The van der Waals surface area contributed by atoms with E-state index >= 15 is 0 Å². The molecule has 0 unspecified atom stereocenters. The molecule has 2 aliphatic heterocycles. The summed E-state index contributed by atoms with van der Waals surface area (Å²) in [6, 6.07) is 13.8. The van der Waals surface area contributed by atoms with Crippen molar-refractivity contribution in [2.45, 2.75) is 25.4 Å². The van der Waals surface area contributed by atoms with Crippen LogP contribution in [0.5, 0.6) is 5.75 Å². The van der Waals surface area contributed by atoms with E-state index in [0.717, 1.165) is 30.0 Å². The number of halogens is 1. The molecular formula is C34H32FN9O4. The molecule has 4 aromatic rings. The van der Waals surface area contributed by atoms with Crippen LogP contribution in [0.1, 0.15) is 28.9 Å². The van der Waals surface area contributed by atoms with Crippen LogP contribution in [0, 0.1) is 0 Å². The number of rotatable bonds is 9. The number of aromatic nitrogens is 4. The number of likely N-dealkylation sites (tertiary alicyclic amines) is 1. The molecule has 0 radical (unpaired) electrons. The van der Waals surface area contributed by atoms with Gasteiger partial charge in [-0.2, -0.15) is 0 Å². The molecule has 6 rings (SSSR count). The quantitative estimate of drug-likeness (QED) is 0.257. The number of amides is 1. The van der Waals surface area contributed by atoms with Gasteiger partial charge in [-0.25, -0.2) is 28.5 Å². The van der Waals surface area contributed by atoms with Crippen LogP contribution in [0.25, 0.3) is 5.65 Å². The van der Waals surface area contributed by atoms with E-state index in [1.165, 1.54) is 21.8 Å². The number of carbonyl (C=O) groups excluding carboxylic acids is 3. The molecule has 5 heterocycles. The number of carbonyl (C=O) groups is 1. The van der Waals surface area contributed by atoms with Crippen LogP contribution in [0.2, 0.25) is 0 Å². The summed E-state index contributed by atoms with van der Waals surface area (Å²) in [6.07, 6.45) is 6.59. The van der Waals surface area contributed by atoms with Gasteiger partial charge in [-0.1, -0.05) is 18.2 Å². The fourth-order valence-corrected chi connectivity index (χ4v) is 5.69. The summed E-state index contributed by atoms with van der Waals surface area (Å²) in [4.78, 5) is 51.4. The molecule has 0 aliphatic carbocycles. The van der Waals surface area contributed by atoms with Crippen molar-refractivity contribution < 1.29 is 23.5 Å². The number of anilines is 3. The van der Waals surface area contributed by atoms with Crippen LogP contribution in [0.15, 0.2) is 96.1 Å². The highest BCUT2D eigenvalue weighted by atomic mass is 19.1. The molecule has 13 nitrogen and oxygen atoms in total. The van der Waals surface area contributed by atoms with Crippen LogP contribution >= 0.6 is 0 Å². The summed E-state index contributed by atoms with van der Waals surface area (Å²) in [6.45, 7) is 1.14. The maximum absolute atomic E-state index is 15.0. The average molecular weight is 650 g/mol. The first-order valence-electron chi connectivity index (χ1n) is 15.1. The number of allylic oxidation sites excluding steroid dienone is 2. The number of piperidine rings is 1. The molecule has 1 atom stereocenters. The van der Waals surface area contributed by atoms with Gasteiger partial charge in [0.15, 0.2) is 28.8 Å². The third-order valence-electron chi connectivity index (χ3n) is 8.09. The van der Waals surface area contributed by atoms with E-state index in [2.05, 4.69) is 25.7 Å². The molecule has 1 amide bonds. The van der Waals surface area contributed by atoms with Gasteiger partial charge in [0.05, 0.1) is 30.7 Å². The Kier molecular flexibility index (Phi) is 9.02. The first-order chi connectivity index (χ1) is 23.3. The number of methoxy groups -OCH3 is 1. The second kappa shape index (κ2) is 13.6. The van der Waals surface area contributed by atoms with Gasteiger partial charge < -0.3 is 25.2 Å². The highest BCUT2D eigenvalue weighted by Gasteiger charge is 2.28. The number of hydrogen-bond acceptors (Lipinski definition) is 11. The van der Waals surface area contributed by atoms with Crippen molar-refractivity contribution in [2.75, 3.05) is 42.9 Å². The van der Waals surface area contributed by atoms with Crippen molar-refractivity contribution >= 4 is 40.8 Å². The van der Waals surface area contributed by atoms with Gasteiger partial charge in [-0.15, -0.1) is 5.10 Å². The minimum atomic E-state index is -0.640. The number of imidazole rings is 1. The average Bonchev–Trinajstić information content (AvgIpc) is 3.52. The third kappa shape index (κ3) is 6.38. The number of pyridine rings is 1. The van der Waals surface area contributed by atoms with Crippen molar-refractivity contribution in [3.63, 3.8) is 0 Å². The van der Waals surface area contributed by atoms with Crippen molar-refractivity contribution in [1.29, 1.82) is 0 Å². The molecule has 244 valence electrons. The second-order valence-electron chi connectivity index (χ2n) is 11.3. The Hall–Kier alpha value is -6.23. The van der Waals surface area contributed by atoms with E-state index < -0.39 is 17.8 Å². The van der Waals surface area contributed by atoms with Crippen LogP contribution in [-0.4, -0.2) is 76.1 Å². The molecule has 0 bridgehead atoms. The molecule has 0 spiro atoms. The maximum Gasteiger partial charge on any atom is 0.272 e. The molecule has 14 heteroatoms. The topological polar surface area (TPSA) is 137 Å². The summed E-state index contributed by atoms with van der Waals surface area (Å²) in [5.41, 5.74) is 2.45. The number of nitrogens with zero attached hydrogens (tertiary/aromatic N) is 7. The Morgan fingerprint density at radius 3 is 2.67 bits per heavy atom. The Labute approximate surface area is 275 Å². The van der Waals surface area contributed by atoms with Gasteiger partial charge >= 0.3 is 0 Å². The van der Waals surface area contributed by atoms with Crippen LogP contribution in [-0.2, 0) is 16.1 Å². The zero-order valence-corrected chi connectivity index (χ0v) is 26.5. The minimum absolute atomic E-state index is 0.0247. The van der Waals surface area contributed by atoms with Gasteiger partial charge in [0, 0.05) is 51.7 Å². The molecule has 1 fully saturated rings. The molecule has 2 N–H and O–H groups in total. The molecular weight excluding hydrogens is 617 g/mol. The van der Waals surface area contributed by atoms with Crippen LogP contribution in [0.3, 0.4) is 0 Å². The van der Waals surface area contributed by atoms with Gasteiger partial charge in [0.25, 0.3) is 5.91 Å². The first-order valence-corrected chi connectivity index (χ1v) is 15.1. The monoisotopic (exact) mass is 649 g/mol. The Morgan fingerprint density at radius 2 is 1.96 bits per heavy atom. The summed E-state index contributed by atoms with van der Waals surface area (Å²) >= 11 is 0. The molecule has 1 saturated heterocycles. The van der Waals surface area contributed by atoms with Crippen LogP contribution < -0.4 is 25.2 Å². The summed E-state index contributed by atoms with van der Waals surface area (Å²) < 4.78 is 21.6. The van der Waals surface area contributed by atoms with E-state index in [1.807, 2.05) is 48.1 Å². The summed E-state index contributed by atoms with van der Waals surface area (Å²) in [7, 11) is 5.24. The Balaban J connectivity index is 1.39. The standard InChI is InChI=1S/C34H32FN9O4/c1-41-14-6-7-25(29(41)20-45)39-34(47)28-17-37-33-27(42(2)18-22-9-11-24(48-3)12-10-22)16-31(40-44(28)33)38-26-15-23(35)19-43(30(26)21-46)32-8-4-5-13-36-32/h4-5,8-13,15-17,19,25H,6-7,14,18H2,1-3H3,(H,38,40)(H,39,47)/t25-/m1/s1. The zero-order valence-electron chi connectivity index (χ0n) is 26.5. The van der Waals surface area contributed by atoms with Crippen molar-refractivity contribution in [1.82, 2.24) is 29.8 Å². The lowest BCUT2D eigenvalue weighted by molar-refractivity contribution is 0.0923. The van der Waals surface area contributed by atoms with E-state index in [0.29, 0.717) is 42.4 Å². The predicted octanol–water partition coefficient (Wildman–Crippen LogP) is 3.65. The van der Waals surface area contributed by atoms with Gasteiger partial charge in [0.2, 0.25) is 0 Å². The van der Waals surface area contributed by atoms with E-state index in [1.54, 1.807) is 43.3 Å². The van der Waals surface area contributed by atoms with Gasteiger partial charge in [0.1, 0.15) is 29.0 Å². The smallest absolute Gasteiger partial charge is 0.272 e. The summed E-state index contributed by atoms with van der Waals surface area (Å²) in [5, 5.41) is 10.6. The van der Waals surface area contributed by atoms with Crippen molar-refractivity contribution in [3.8, 4) is 5.75 Å². The Morgan fingerprint density at radius 1 is 1.15 bits per heavy atom. The normalized spacial score (nSPS) is 16.1. The second-order valence-corrected chi connectivity index (χ2v) is 11.3. The number of nitrogens with one attached hydrogen (secondary N) is 2. The van der Waals surface area contributed by atoms with Crippen LogP contribution in [0.4, 0.5) is 21.7 Å². The summed E-state index contributed by atoms with van der Waals surface area (Å²) in [5.74, 6) is 3.93. The zero-order chi connectivity index (χ0) is 33.8. The molecule has 48 heavy (non-hydrogen) atoms. The predicted molar refractivity (Wildman–Crippen MR) is 177 cm³/mol. The lowest BCUT2D eigenvalue weighted by atomic mass is 10.0. The minimum Gasteiger partial charge on any atom is -0.497 e. The largest absolute Gasteiger partial charge is 0.497 e. The van der Waals surface area contributed by atoms with E-state index in [9.17, 15) is 18.8 Å². The maximum atomic E-state index is 15.0. The molecule has 2 aliphatic rings. The lowest BCUT2D eigenvalue weighted by Gasteiger charge is -2.32.